The molecule has 0 aromatic heterocycles. The largest absolute Gasteiger partial charge is 0.467 e. The summed E-state index contributed by atoms with van der Waals surface area (Å²) in [7, 11) is 0. The topological polar surface area (TPSA) is 59.4 Å². The highest BCUT2D eigenvalue weighted by Crippen LogP contribution is 2.48. The molecule has 170 valence electrons. The number of hydrogen-bond donors (Lipinski definition) is 1. The van der Waals surface area contributed by atoms with E-state index in [9.17, 15) is 4.79 Å². The van der Waals surface area contributed by atoms with Crippen LogP contribution in [-0.4, -0.2) is 11.9 Å². The zero-order valence-electron chi connectivity index (χ0n) is 20.6. The molecule has 0 fully saturated rings. The van der Waals surface area contributed by atoms with E-state index in [-0.39, 0.29) is 22.7 Å². The highest BCUT2D eigenvalue weighted by atomic mass is 16.6. The molecule has 1 atom stereocenters. The molecule has 1 N–H and O–H groups in total. The number of esters is 1. The number of carbonyl (C=O) groups excluding carboxylic acids is 1. The Labute approximate surface area is 191 Å². The quantitative estimate of drug-likeness (QED) is 0.545. The number of cyclic esters (lactones) is 1. The van der Waals surface area contributed by atoms with Crippen LogP contribution in [-0.2, 0) is 31.5 Å². The van der Waals surface area contributed by atoms with Gasteiger partial charge in [0.15, 0.2) is 0 Å². The number of rotatable bonds is 4. The van der Waals surface area contributed by atoms with Gasteiger partial charge in [0.1, 0.15) is 11.2 Å². The van der Waals surface area contributed by atoms with Crippen LogP contribution in [0.5, 0.6) is 0 Å². The summed E-state index contributed by atoms with van der Waals surface area (Å²) in [6.45, 7) is 17.1. The molecule has 0 bridgehead atoms. The van der Waals surface area contributed by atoms with Crippen LogP contribution in [0.2, 0.25) is 0 Å². The van der Waals surface area contributed by atoms with Crippen molar-refractivity contribution in [1.29, 1.82) is 5.41 Å². The minimum Gasteiger partial charge on any atom is -0.467 e. The maximum absolute atomic E-state index is 12.8. The fourth-order valence-corrected chi connectivity index (χ4v) is 5.40. The molecule has 2 aliphatic heterocycles. The molecule has 2 aromatic carbocycles. The minimum atomic E-state index is -0.662. The minimum absolute atomic E-state index is 0.0852. The van der Waals surface area contributed by atoms with Gasteiger partial charge in [-0.15, -0.1) is 0 Å². The fraction of sp³-hybridized carbons (Fsp3) is 0.500. The second-order valence-corrected chi connectivity index (χ2v) is 11.7. The van der Waals surface area contributed by atoms with Crippen molar-refractivity contribution in [1.82, 2.24) is 0 Å². The number of carbonyl (C=O) groups is 1. The lowest BCUT2D eigenvalue weighted by Gasteiger charge is -2.35. The summed E-state index contributed by atoms with van der Waals surface area (Å²) in [6.07, 6.45) is 1.54. The Morgan fingerprint density at radius 1 is 0.844 bits per heavy atom. The van der Waals surface area contributed by atoms with Crippen LogP contribution in [0.3, 0.4) is 0 Å². The Bertz CT molecular complexity index is 1120. The SMILES string of the molecule is CC(C)(C)c1cccc2c1C(C)(CCC(C)(C)c1cccc3c1C(C)(C)OC3=N)OC2=O. The van der Waals surface area contributed by atoms with Gasteiger partial charge in [0.05, 0.1) is 5.56 Å². The van der Waals surface area contributed by atoms with Crippen molar-refractivity contribution in [3.05, 3.63) is 69.8 Å². The van der Waals surface area contributed by atoms with E-state index in [4.69, 9.17) is 14.9 Å². The van der Waals surface area contributed by atoms with Crippen molar-refractivity contribution in [3.63, 3.8) is 0 Å². The Morgan fingerprint density at radius 2 is 1.44 bits per heavy atom. The standard InChI is InChI=1S/C28H35NO3/c1-25(2,3)19-13-10-12-18-22(19)28(8,32-24(18)30)16-15-26(4,5)20-14-9-11-17-21(20)27(6,7)31-23(17)29/h9-14,29H,15-16H2,1-8H3. The lowest BCUT2D eigenvalue weighted by atomic mass is 9.71. The maximum atomic E-state index is 12.8. The Kier molecular flexibility index (Phi) is 4.89. The summed E-state index contributed by atoms with van der Waals surface area (Å²) in [5, 5.41) is 8.26. The number of benzene rings is 2. The molecule has 4 nitrogen and oxygen atoms in total. The van der Waals surface area contributed by atoms with Gasteiger partial charge >= 0.3 is 5.97 Å². The molecule has 0 saturated carbocycles. The Balaban J connectivity index is 1.71. The first kappa shape index (κ1) is 22.6. The molecule has 4 rings (SSSR count). The van der Waals surface area contributed by atoms with Gasteiger partial charge in [-0.2, -0.15) is 0 Å². The zero-order valence-corrected chi connectivity index (χ0v) is 20.6. The molecule has 1 unspecified atom stereocenters. The Morgan fingerprint density at radius 3 is 2.06 bits per heavy atom. The van der Waals surface area contributed by atoms with Crippen molar-refractivity contribution < 1.29 is 14.3 Å². The van der Waals surface area contributed by atoms with Crippen LogP contribution in [0.1, 0.15) is 106 Å². The van der Waals surface area contributed by atoms with Crippen LogP contribution >= 0.6 is 0 Å². The normalized spacial score (nSPS) is 21.8. The van der Waals surface area contributed by atoms with Crippen molar-refractivity contribution in [3.8, 4) is 0 Å². The first-order valence-electron chi connectivity index (χ1n) is 11.5. The summed E-state index contributed by atoms with van der Waals surface area (Å²) >= 11 is 0. The van der Waals surface area contributed by atoms with Gasteiger partial charge in [0.25, 0.3) is 0 Å². The lowest BCUT2D eigenvalue weighted by molar-refractivity contribution is -0.00686. The number of fused-ring (bicyclic) bond motifs is 2. The van der Waals surface area contributed by atoms with E-state index in [1.54, 1.807) is 0 Å². The third kappa shape index (κ3) is 3.44. The first-order chi connectivity index (χ1) is 14.7. The summed E-state index contributed by atoms with van der Waals surface area (Å²) in [4.78, 5) is 12.8. The van der Waals surface area contributed by atoms with Crippen LogP contribution < -0.4 is 0 Å². The molecule has 32 heavy (non-hydrogen) atoms. The van der Waals surface area contributed by atoms with E-state index < -0.39 is 11.2 Å². The van der Waals surface area contributed by atoms with Crippen molar-refractivity contribution in [2.75, 3.05) is 0 Å². The van der Waals surface area contributed by atoms with Gasteiger partial charge in [-0.1, -0.05) is 58.9 Å². The van der Waals surface area contributed by atoms with Gasteiger partial charge in [-0.25, -0.2) is 4.79 Å². The molecule has 0 aliphatic carbocycles. The molecule has 0 spiro atoms. The van der Waals surface area contributed by atoms with E-state index in [2.05, 4.69) is 53.7 Å². The van der Waals surface area contributed by atoms with Crippen LogP contribution in [0.15, 0.2) is 36.4 Å². The van der Waals surface area contributed by atoms with Crippen LogP contribution in [0, 0.1) is 5.41 Å². The van der Waals surface area contributed by atoms with Gasteiger partial charge in [0.2, 0.25) is 5.90 Å². The first-order valence-corrected chi connectivity index (χ1v) is 11.5. The van der Waals surface area contributed by atoms with E-state index in [1.165, 1.54) is 11.1 Å². The number of hydrogen-bond acceptors (Lipinski definition) is 4. The average molecular weight is 434 g/mol. The molecule has 2 aliphatic rings. The van der Waals surface area contributed by atoms with Gasteiger partial charge in [-0.05, 0) is 67.7 Å². The molecule has 0 amide bonds. The predicted molar refractivity (Wildman–Crippen MR) is 128 cm³/mol. The second kappa shape index (κ2) is 6.94. The molecule has 0 radical (unpaired) electrons. The third-order valence-corrected chi connectivity index (χ3v) is 7.16. The molecular formula is C28H35NO3. The van der Waals surface area contributed by atoms with Crippen molar-refractivity contribution in [2.24, 2.45) is 0 Å². The monoisotopic (exact) mass is 433 g/mol. The predicted octanol–water partition coefficient (Wildman–Crippen LogP) is 6.72. The third-order valence-electron chi connectivity index (χ3n) is 7.16. The smallest absolute Gasteiger partial charge is 0.339 e. The molecular weight excluding hydrogens is 398 g/mol. The maximum Gasteiger partial charge on any atom is 0.339 e. The summed E-state index contributed by atoms with van der Waals surface area (Å²) < 4.78 is 11.9. The number of ether oxygens (including phenoxy) is 2. The van der Waals surface area contributed by atoms with E-state index in [0.717, 1.165) is 23.1 Å². The van der Waals surface area contributed by atoms with E-state index in [1.807, 2.05) is 38.1 Å². The molecule has 2 heterocycles. The second-order valence-electron chi connectivity index (χ2n) is 11.7. The molecule has 4 heteroatoms. The van der Waals surface area contributed by atoms with E-state index >= 15 is 0 Å². The summed E-state index contributed by atoms with van der Waals surface area (Å²) in [5.74, 6) is 0.0121. The number of nitrogens with one attached hydrogen (secondary N) is 1. The summed E-state index contributed by atoms with van der Waals surface area (Å²) in [5.41, 5.74) is 4.60. The van der Waals surface area contributed by atoms with Crippen molar-refractivity contribution >= 4 is 11.9 Å². The Hall–Kier alpha value is -2.62. The van der Waals surface area contributed by atoms with Crippen LogP contribution in [0.4, 0.5) is 0 Å². The molecule has 2 aromatic rings. The zero-order chi connectivity index (χ0) is 23.7. The van der Waals surface area contributed by atoms with Gasteiger partial charge < -0.3 is 9.47 Å². The summed E-state index contributed by atoms with van der Waals surface area (Å²) in [6, 6.07) is 12.1. The fourth-order valence-electron chi connectivity index (χ4n) is 5.40. The highest BCUT2D eigenvalue weighted by molar-refractivity contribution is 5.97. The van der Waals surface area contributed by atoms with Gasteiger partial charge in [0, 0.05) is 16.7 Å². The lowest BCUT2D eigenvalue weighted by Crippen LogP contribution is -2.31. The van der Waals surface area contributed by atoms with Gasteiger partial charge in [-0.3, -0.25) is 5.41 Å². The molecule has 0 saturated heterocycles. The average Bonchev–Trinajstić information content (AvgIpc) is 3.09. The van der Waals surface area contributed by atoms with E-state index in [0.29, 0.717) is 12.0 Å². The van der Waals surface area contributed by atoms with Crippen LogP contribution in [0.25, 0.3) is 0 Å². The highest BCUT2D eigenvalue weighted by Gasteiger charge is 2.46. The van der Waals surface area contributed by atoms with Crippen molar-refractivity contribution in [2.45, 2.75) is 90.3 Å².